The van der Waals surface area contributed by atoms with Crippen LogP contribution in [-0.4, -0.2) is 16.6 Å². The van der Waals surface area contributed by atoms with Gasteiger partial charge in [-0.15, -0.1) is 0 Å². The Labute approximate surface area is 67.9 Å². The molecule has 0 aromatic carbocycles. The molecule has 0 atom stereocenters. The van der Waals surface area contributed by atoms with Gasteiger partial charge in [-0.1, -0.05) is 0 Å². The van der Waals surface area contributed by atoms with Gasteiger partial charge in [0, 0.05) is 6.61 Å². The summed E-state index contributed by atoms with van der Waals surface area (Å²) in [4.78, 5) is 6.94. The fourth-order valence-electron chi connectivity index (χ4n) is 0.617. The number of aromatic amines is 1. The van der Waals surface area contributed by atoms with Crippen molar-refractivity contribution in [1.82, 2.24) is 9.97 Å². The first-order chi connectivity index (χ1) is 4.83. The van der Waals surface area contributed by atoms with Gasteiger partial charge in [0.2, 0.25) is 0 Å². The Hall–Kier alpha value is -0.350. The van der Waals surface area contributed by atoms with Crippen molar-refractivity contribution in [3.63, 3.8) is 0 Å². The van der Waals surface area contributed by atoms with E-state index in [-0.39, 0.29) is 0 Å². The van der Waals surface area contributed by atoms with Crippen molar-refractivity contribution in [3.05, 3.63) is 16.6 Å². The molecular formula is C6H9BrN2O. The number of halogens is 1. The van der Waals surface area contributed by atoms with Crippen LogP contribution in [-0.2, 0) is 11.3 Å². The third kappa shape index (κ3) is 2.11. The summed E-state index contributed by atoms with van der Waals surface area (Å²) >= 11 is 3.20. The van der Waals surface area contributed by atoms with Crippen LogP contribution in [0.2, 0.25) is 0 Å². The molecule has 0 spiro atoms. The third-order valence-corrected chi connectivity index (χ3v) is 1.46. The van der Waals surface area contributed by atoms with Crippen LogP contribution >= 0.6 is 15.9 Å². The quantitative estimate of drug-likeness (QED) is 0.815. The van der Waals surface area contributed by atoms with Gasteiger partial charge in [-0.2, -0.15) is 0 Å². The SMILES string of the molecule is CCOCc1cnc(Br)[nH]1. The molecule has 0 unspecified atom stereocenters. The minimum absolute atomic E-state index is 0.606. The second-order valence-electron chi connectivity index (χ2n) is 1.84. The minimum atomic E-state index is 0.606. The number of hydrogen-bond acceptors (Lipinski definition) is 2. The average molecular weight is 205 g/mol. The number of nitrogens with one attached hydrogen (secondary N) is 1. The molecule has 1 rings (SSSR count). The predicted molar refractivity (Wildman–Crippen MR) is 41.6 cm³/mol. The van der Waals surface area contributed by atoms with Gasteiger partial charge in [0.05, 0.1) is 18.5 Å². The topological polar surface area (TPSA) is 37.9 Å². The molecule has 0 radical (unpaired) electrons. The molecule has 0 bridgehead atoms. The highest BCUT2D eigenvalue weighted by Crippen LogP contribution is 2.04. The standard InChI is InChI=1S/C6H9BrN2O/c1-2-10-4-5-3-8-6(7)9-5/h3H,2,4H2,1H3,(H,8,9). The lowest BCUT2D eigenvalue weighted by molar-refractivity contribution is 0.131. The van der Waals surface area contributed by atoms with Crippen molar-refractivity contribution in [2.24, 2.45) is 0 Å². The smallest absolute Gasteiger partial charge is 0.174 e. The molecule has 0 aliphatic heterocycles. The maximum atomic E-state index is 5.14. The summed E-state index contributed by atoms with van der Waals surface area (Å²) in [5.74, 6) is 0. The summed E-state index contributed by atoms with van der Waals surface area (Å²) < 4.78 is 5.89. The fraction of sp³-hybridized carbons (Fsp3) is 0.500. The molecule has 1 heterocycles. The first kappa shape index (κ1) is 7.75. The zero-order valence-corrected chi connectivity index (χ0v) is 7.31. The first-order valence-electron chi connectivity index (χ1n) is 3.10. The zero-order chi connectivity index (χ0) is 7.40. The first-order valence-corrected chi connectivity index (χ1v) is 3.89. The van der Waals surface area contributed by atoms with E-state index in [1.54, 1.807) is 6.20 Å². The van der Waals surface area contributed by atoms with E-state index < -0.39 is 0 Å². The van der Waals surface area contributed by atoms with E-state index >= 15 is 0 Å². The predicted octanol–water partition coefficient (Wildman–Crippen LogP) is 1.71. The maximum absolute atomic E-state index is 5.14. The second kappa shape index (κ2) is 3.73. The van der Waals surface area contributed by atoms with E-state index in [4.69, 9.17) is 4.74 Å². The Bertz CT molecular complexity index is 199. The van der Waals surface area contributed by atoms with E-state index in [1.807, 2.05) is 6.92 Å². The molecule has 0 amide bonds. The van der Waals surface area contributed by atoms with E-state index in [1.165, 1.54) is 0 Å². The number of aromatic nitrogens is 2. The van der Waals surface area contributed by atoms with E-state index in [2.05, 4.69) is 25.9 Å². The minimum Gasteiger partial charge on any atom is -0.375 e. The molecule has 0 aliphatic rings. The number of ether oxygens (including phenoxy) is 1. The largest absolute Gasteiger partial charge is 0.375 e. The summed E-state index contributed by atoms with van der Waals surface area (Å²) in [7, 11) is 0. The zero-order valence-electron chi connectivity index (χ0n) is 5.72. The van der Waals surface area contributed by atoms with Gasteiger partial charge in [0.25, 0.3) is 0 Å². The second-order valence-corrected chi connectivity index (χ2v) is 2.59. The van der Waals surface area contributed by atoms with Crippen LogP contribution in [0.3, 0.4) is 0 Å². The van der Waals surface area contributed by atoms with Crippen molar-refractivity contribution in [3.8, 4) is 0 Å². The molecule has 10 heavy (non-hydrogen) atoms. The van der Waals surface area contributed by atoms with Crippen molar-refractivity contribution >= 4 is 15.9 Å². The molecule has 1 N–H and O–H groups in total. The molecule has 0 aliphatic carbocycles. The summed E-state index contributed by atoms with van der Waals surface area (Å²) in [6, 6.07) is 0. The van der Waals surface area contributed by atoms with Crippen LogP contribution < -0.4 is 0 Å². The van der Waals surface area contributed by atoms with Crippen LogP contribution in [0.5, 0.6) is 0 Å². The Kier molecular flexibility index (Phi) is 2.89. The molecule has 0 saturated carbocycles. The summed E-state index contributed by atoms with van der Waals surface area (Å²) in [5, 5.41) is 0. The number of imidazole rings is 1. The molecule has 0 fully saturated rings. The molecule has 0 saturated heterocycles. The summed E-state index contributed by atoms with van der Waals surface area (Å²) in [5.41, 5.74) is 0.994. The highest BCUT2D eigenvalue weighted by molar-refractivity contribution is 9.10. The van der Waals surface area contributed by atoms with Gasteiger partial charge < -0.3 is 9.72 Å². The lowest BCUT2D eigenvalue weighted by Crippen LogP contribution is -1.90. The van der Waals surface area contributed by atoms with Crippen molar-refractivity contribution in [1.29, 1.82) is 0 Å². The summed E-state index contributed by atoms with van der Waals surface area (Å²) in [6.07, 6.45) is 1.75. The normalized spacial score (nSPS) is 10.2. The van der Waals surface area contributed by atoms with E-state index in [9.17, 15) is 0 Å². The van der Waals surface area contributed by atoms with Crippen molar-refractivity contribution in [2.75, 3.05) is 6.61 Å². The fourth-order valence-corrected chi connectivity index (χ4v) is 0.974. The van der Waals surface area contributed by atoms with Crippen molar-refractivity contribution in [2.45, 2.75) is 13.5 Å². The Balaban J connectivity index is 2.42. The van der Waals surface area contributed by atoms with E-state index in [0.29, 0.717) is 6.61 Å². The Morgan fingerprint density at radius 3 is 3.10 bits per heavy atom. The van der Waals surface area contributed by atoms with E-state index in [0.717, 1.165) is 17.0 Å². The molecule has 1 aromatic heterocycles. The molecule has 4 heteroatoms. The van der Waals surface area contributed by atoms with Gasteiger partial charge in [-0.05, 0) is 22.9 Å². The monoisotopic (exact) mass is 204 g/mol. The van der Waals surface area contributed by atoms with Gasteiger partial charge in [-0.3, -0.25) is 0 Å². The third-order valence-electron chi connectivity index (χ3n) is 1.06. The van der Waals surface area contributed by atoms with Crippen LogP contribution in [0.1, 0.15) is 12.6 Å². The number of H-pyrrole nitrogens is 1. The average Bonchev–Trinajstić information content (AvgIpc) is 2.31. The van der Waals surface area contributed by atoms with Crippen molar-refractivity contribution < 1.29 is 4.74 Å². The van der Waals surface area contributed by atoms with Crippen LogP contribution in [0.4, 0.5) is 0 Å². The molecule has 1 aromatic rings. The lowest BCUT2D eigenvalue weighted by Gasteiger charge is -1.94. The van der Waals surface area contributed by atoms with Gasteiger partial charge in [0.1, 0.15) is 0 Å². The lowest BCUT2D eigenvalue weighted by atomic mass is 10.5. The summed E-state index contributed by atoms with van der Waals surface area (Å²) in [6.45, 7) is 3.30. The maximum Gasteiger partial charge on any atom is 0.174 e. The highest BCUT2D eigenvalue weighted by atomic mass is 79.9. The van der Waals surface area contributed by atoms with Crippen LogP contribution in [0, 0.1) is 0 Å². The molecular weight excluding hydrogens is 196 g/mol. The van der Waals surface area contributed by atoms with Crippen LogP contribution in [0.15, 0.2) is 10.9 Å². The molecule has 3 nitrogen and oxygen atoms in total. The van der Waals surface area contributed by atoms with Gasteiger partial charge in [-0.25, -0.2) is 4.98 Å². The highest BCUT2D eigenvalue weighted by Gasteiger charge is 1.94. The number of hydrogen-bond donors (Lipinski definition) is 1. The van der Waals surface area contributed by atoms with Gasteiger partial charge >= 0.3 is 0 Å². The Morgan fingerprint density at radius 1 is 1.80 bits per heavy atom. The van der Waals surface area contributed by atoms with Crippen LogP contribution in [0.25, 0.3) is 0 Å². The van der Waals surface area contributed by atoms with Gasteiger partial charge in [0.15, 0.2) is 4.73 Å². The Morgan fingerprint density at radius 2 is 2.60 bits per heavy atom. The molecule has 56 valence electrons. The number of nitrogens with zero attached hydrogens (tertiary/aromatic N) is 1. The number of rotatable bonds is 3.